The van der Waals surface area contributed by atoms with E-state index in [1.807, 2.05) is 0 Å². The van der Waals surface area contributed by atoms with Gasteiger partial charge >= 0.3 is 0 Å². The molecule has 74 valence electrons. The Morgan fingerprint density at radius 1 is 1.36 bits per heavy atom. The lowest BCUT2D eigenvalue weighted by Crippen LogP contribution is -2.06. The van der Waals surface area contributed by atoms with Crippen LogP contribution in [-0.4, -0.2) is 12.8 Å². The first-order valence-electron chi connectivity index (χ1n) is 4.29. The molecule has 2 nitrogen and oxygen atoms in total. The Kier molecular flexibility index (Phi) is 3.40. The van der Waals surface area contributed by atoms with E-state index in [0.29, 0.717) is 5.70 Å². The van der Waals surface area contributed by atoms with Crippen molar-refractivity contribution in [2.75, 3.05) is 7.05 Å². The molecule has 0 fully saturated rings. The van der Waals surface area contributed by atoms with Gasteiger partial charge in [-0.05, 0) is 24.6 Å². The van der Waals surface area contributed by atoms with Crippen LogP contribution in [0, 0.1) is 5.82 Å². The Bertz CT molecular complexity index is 354. The van der Waals surface area contributed by atoms with Crippen molar-refractivity contribution in [1.29, 1.82) is 0 Å². The molecule has 0 heterocycles. The third-order valence-corrected chi connectivity index (χ3v) is 1.77. The molecule has 0 saturated carbocycles. The summed E-state index contributed by atoms with van der Waals surface area (Å²) in [5.41, 5.74) is 1.49. The summed E-state index contributed by atoms with van der Waals surface area (Å²) >= 11 is 0. The highest BCUT2D eigenvalue weighted by molar-refractivity contribution is 5.94. The van der Waals surface area contributed by atoms with Crippen LogP contribution in [0.4, 0.5) is 4.39 Å². The lowest BCUT2D eigenvalue weighted by atomic mass is 10.1. The average molecular weight is 193 g/mol. The van der Waals surface area contributed by atoms with Crippen molar-refractivity contribution < 1.29 is 9.18 Å². The first-order valence-corrected chi connectivity index (χ1v) is 4.29. The monoisotopic (exact) mass is 193 g/mol. The smallest absolute Gasteiger partial charge is 0.154 e. The minimum absolute atomic E-state index is 0.0429. The molecule has 0 aliphatic heterocycles. The van der Waals surface area contributed by atoms with Gasteiger partial charge in [-0.2, -0.15) is 0 Å². The van der Waals surface area contributed by atoms with E-state index in [2.05, 4.69) is 5.32 Å². The zero-order valence-corrected chi connectivity index (χ0v) is 8.17. The molecule has 1 aromatic carbocycles. The van der Waals surface area contributed by atoms with Crippen molar-refractivity contribution in [2.45, 2.75) is 6.92 Å². The van der Waals surface area contributed by atoms with E-state index < -0.39 is 0 Å². The molecule has 0 aromatic heterocycles. The van der Waals surface area contributed by atoms with Crippen molar-refractivity contribution in [1.82, 2.24) is 5.32 Å². The van der Waals surface area contributed by atoms with Crippen LogP contribution in [0.1, 0.15) is 12.5 Å². The Morgan fingerprint density at radius 3 is 2.36 bits per heavy atom. The van der Waals surface area contributed by atoms with Crippen LogP contribution in [-0.2, 0) is 4.79 Å². The summed E-state index contributed by atoms with van der Waals surface area (Å²) < 4.78 is 12.6. The highest BCUT2D eigenvalue weighted by Gasteiger charge is 2.00. The van der Waals surface area contributed by atoms with Crippen LogP contribution in [0.25, 0.3) is 5.70 Å². The molecule has 0 saturated heterocycles. The van der Waals surface area contributed by atoms with Crippen LogP contribution in [0.2, 0.25) is 0 Å². The Morgan fingerprint density at radius 2 is 1.93 bits per heavy atom. The highest BCUT2D eigenvalue weighted by atomic mass is 19.1. The molecule has 14 heavy (non-hydrogen) atoms. The number of carbonyl (C=O) groups excluding carboxylic acids is 1. The number of halogens is 1. The summed E-state index contributed by atoms with van der Waals surface area (Å²) in [7, 11) is 1.72. The SMILES string of the molecule is CN/C(=C\C(C)=O)c1ccc(F)cc1. The molecule has 0 aliphatic carbocycles. The maximum atomic E-state index is 12.6. The fourth-order valence-corrected chi connectivity index (χ4v) is 1.13. The lowest BCUT2D eigenvalue weighted by molar-refractivity contribution is -0.112. The van der Waals surface area contributed by atoms with E-state index in [-0.39, 0.29) is 11.6 Å². The second-order valence-electron chi connectivity index (χ2n) is 2.93. The molecular weight excluding hydrogens is 181 g/mol. The zero-order valence-electron chi connectivity index (χ0n) is 8.17. The van der Waals surface area contributed by atoms with Crippen LogP contribution in [0.3, 0.4) is 0 Å². The molecule has 0 atom stereocenters. The molecule has 0 unspecified atom stereocenters. The van der Waals surface area contributed by atoms with Gasteiger partial charge < -0.3 is 5.32 Å². The number of nitrogens with one attached hydrogen (secondary N) is 1. The van der Waals surface area contributed by atoms with Gasteiger partial charge in [-0.25, -0.2) is 4.39 Å². The van der Waals surface area contributed by atoms with Crippen LogP contribution < -0.4 is 5.32 Å². The van der Waals surface area contributed by atoms with Crippen molar-refractivity contribution in [3.05, 3.63) is 41.7 Å². The van der Waals surface area contributed by atoms with Crippen LogP contribution >= 0.6 is 0 Å². The second-order valence-corrected chi connectivity index (χ2v) is 2.93. The first kappa shape index (κ1) is 10.4. The fourth-order valence-electron chi connectivity index (χ4n) is 1.13. The Labute approximate surface area is 82.4 Å². The van der Waals surface area contributed by atoms with Gasteiger partial charge in [-0.15, -0.1) is 0 Å². The normalized spacial score (nSPS) is 11.2. The van der Waals surface area contributed by atoms with E-state index in [1.165, 1.54) is 25.1 Å². The number of carbonyl (C=O) groups is 1. The Hall–Kier alpha value is -1.64. The van der Waals surface area contributed by atoms with Crippen molar-refractivity contribution in [3.8, 4) is 0 Å². The molecule has 1 rings (SSSR count). The summed E-state index contributed by atoms with van der Waals surface area (Å²) in [6.07, 6.45) is 1.48. The van der Waals surface area contributed by atoms with Gasteiger partial charge in [0.1, 0.15) is 5.82 Å². The van der Waals surface area contributed by atoms with Crippen molar-refractivity contribution in [3.63, 3.8) is 0 Å². The van der Waals surface area contributed by atoms with Crippen molar-refractivity contribution >= 4 is 11.5 Å². The number of rotatable bonds is 3. The predicted molar refractivity (Wildman–Crippen MR) is 54.1 cm³/mol. The topological polar surface area (TPSA) is 29.1 Å². The second kappa shape index (κ2) is 4.56. The number of allylic oxidation sites excluding steroid dienone is 1. The third-order valence-electron chi connectivity index (χ3n) is 1.77. The maximum Gasteiger partial charge on any atom is 0.154 e. The molecule has 0 aliphatic rings. The molecule has 1 N–H and O–H groups in total. The number of hydrogen-bond acceptors (Lipinski definition) is 2. The van der Waals surface area contributed by atoms with Gasteiger partial charge in [0.05, 0.1) is 0 Å². The van der Waals surface area contributed by atoms with Gasteiger partial charge in [0.15, 0.2) is 5.78 Å². The summed E-state index contributed by atoms with van der Waals surface area (Å²) in [6.45, 7) is 1.47. The van der Waals surface area contributed by atoms with Gasteiger partial charge in [-0.3, -0.25) is 4.79 Å². The third kappa shape index (κ3) is 2.69. The summed E-state index contributed by atoms with van der Waals surface area (Å²) in [5.74, 6) is -0.328. The summed E-state index contributed by atoms with van der Waals surface area (Å²) in [4.78, 5) is 10.9. The number of benzene rings is 1. The largest absolute Gasteiger partial charge is 0.388 e. The van der Waals surface area contributed by atoms with E-state index in [0.717, 1.165) is 5.56 Å². The van der Waals surface area contributed by atoms with Gasteiger partial charge in [-0.1, -0.05) is 12.1 Å². The lowest BCUT2D eigenvalue weighted by Gasteiger charge is -2.05. The standard InChI is InChI=1S/C11H12FNO/c1-8(14)7-11(13-2)9-3-5-10(12)6-4-9/h3-7,13H,1-2H3/b11-7-. The minimum Gasteiger partial charge on any atom is -0.388 e. The van der Waals surface area contributed by atoms with Gasteiger partial charge in [0, 0.05) is 18.8 Å². The number of ketones is 1. The van der Waals surface area contributed by atoms with Crippen molar-refractivity contribution in [2.24, 2.45) is 0 Å². The van der Waals surface area contributed by atoms with E-state index >= 15 is 0 Å². The van der Waals surface area contributed by atoms with E-state index in [9.17, 15) is 9.18 Å². The molecule has 0 bridgehead atoms. The molecule has 1 aromatic rings. The quantitative estimate of drug-likeness (QED) is 0.743. The first-order chi connectivity index (χ1) is 6.63. The maximum absolute atomic E-state index is 12.6. The predicted octanol–water partition coefficient (Wildman–Crippen LogP) is 1.98. The van der Waals surface area contributed by atoms with Crippen LogP contribution in [0.15, 0.2) is 30.3 Å². The molecule has 0 radical (unpaired) electrons. The summed E-state index contributed by atoms with van der Waals surface area (Å²) in [6, 6.07) is 5.97. The molecule has 0 spiro atoms. The summed E-state index contributed by atoms with van der Waals surface area (Å²) in [5, 5.41) is 2.89. The van der Waals surface area contributed by atoms with E-state index in [1.54, 1.807) is 19.2 Å². The van der Waals surface area contributed by atoms with Gasteiger partial charge in [0.25, 0.3) is 0 Å². The van der Waals surface area contributed by atoms with Gasteiger partial charge in [0.2, 0.25) is 0 Å². The average Bonchev–Trinajstić information content (AvgIpc) is 2.15. The fraction of sp³-hybridized carbons (Fsp3) is 0.182. The van der Waals surface area contributed by atoms with Crippen LogP contribution in [0.5, 0.6) is 0 Å². The number of hydrogen-bond donors (Lipinski definition) is 1. The van der Waals surface area contributed by atoms with E-state index in [4.69, 9.17) is 0 Å². The minimum atomic E-state index is -0.285. The molecule has 0 amide bonds. The molecule has 3 heteroatoms. The molecular formula is C11H12FNO. The Balaban J connectivity index is 3.01. The highest BCUT2D eigenvalue weighted by Crippen LogP contribution is 2.11. The zero-order chi connectivity index (χ0) is 10.6.